The number of alkyl carbamates (subject to hydrolysis) is 1. The Morgan fingerprint density at radius 2 is 1.52 bits per heavy atom. The normalized spacial score (nSPS) is 11.1. The van der Waals surface area contributed by atoms with E-state index in [4.69, 9.17) is 4.74 Å². The minimum atomic E-state index is -0.911. The van der Waals surface area contributed by atoms with Gasteiger partial charge in [-0.15, -0.1) is 0 Å². The van der Waals surface area contributed by atoms with Gasteiger partial charge in [-0.05, 0) is 24.6 Å². The van der Waals surface area contributed by atoms with Crippen molar-refractivity contribution in [1.82, 2.24) is 10.6 Å². The molecular weight excluding hydrogens is 376 g/mol. The van der Waals surface area contributed by atoms with Crippen LogP contribution in [0.25, 0.3) is 0 Å². The van der Waals surface area contributed by atoms with Crippen molar-refractivity contribution >= 4 is 23.9 Å². The third-order valence-electron chi connectivity index (χ3n) is 3.80. The number of imide groups is 1. The number of hydrogen-bond donors (Lipinski definition) is 2. The summed E-state index contributed by atoms with van der Waals surface area (Å²) in [6.45, 7) is 1.07. The minimum Gasteiger partial charge on any atom is -0.455 e. The number of amides is 3. The standard InChI is InChI=1S/C21H22N2O6/c1-2-28-21(27)23-18(24)14-29-19(25)13-17(15-9-5-3-6-10-15)22-20(26)16-11-7-4-8-12-16/h3-12,17H,2,13-14H2,1H3,(H,22,26)(H,23,24,27)/t17-/m1/s1. The summed E-state index contributed by atoms with van der Waals surface area (Å²) in [5.74, 6) is -1.85. The van der Waals surface area contributed by atoms with Crippen LogP contribution in [0.1, 0.15) is 35.3 Å². The molecule has 0 bridgehead atoms. The first kappa shape index (κ1) is 21.6. The fourth-order valence-corrected chi connectivity index (χ4v) is 2.46. The van der Waals surface area contributed by atoms with Crippen LogP contribution in [-0.2, 0) is 19.1 Å². The van der Waals surface area contributed by atoms with Gasteiger partial charge in [-0.3, -0.25) is 19.7 Å². The number of rotatable bonds is 8. The van der Waals surface area contributed by atoms with E-state index in [1.807, 2.05) is 11.4 Å². The lowest BCUT2D eigenvalue weighted by Crippen LogP contribution is -2.35. The third-order valence-corrected chi connectivity index (χ3v) is 3.80. The molecule has 0 spiro atoms. The van der Waals surface area contributed by atoms with Gasteiger partial charge >= 0.3 is 12.1 Å². The van der Waals surface area contributed by atoms with Gasteiger partial charge in [0.2, 0.25) is 0 Å². The zero-order valence-corrected chi connectivity index (χ0v) is 15.9. The van der Waals surface area contributed by atoms with Gasteiger partial charge in [0.1, 0.15) is 0 Å². The third kappa shape index (κ3) is 7.45. The molecule has 152 valence electrons. The molecule has 1 atom stereocenters. The Morgan fingerprint density at radius 3 is 2.14 bits per heavy atom. The van der Waals surface area contributed by atoms with E-state index < -0.39 is 30.6 Å². The maximum absolute atomic E-state index is 12.5. The first-order valence-corrected chi connectivity index (χ1v) is 9.02. The molecule has 2 N–H and O–H groups in total. The van der Waals surface area contributed by atoms with Crippen molar-refractivity contribution in [3.63, 3.8) is 0 Å². The van der Waals surface area contributed by atoms with Crippen molar-refractivity contribution in [2.75, 3.05) is 13.2 Å². The highest BCUT2D eigenvalue weighted by Gasteiger charge is 2.21. The molecule has 2 aromatic rings. The van der Waals surface area contributed by atoms with E-state index >= 15 is 0 Å². The first-order valence-electron chi connectivity index (χ1n) is 9.02. The van der Waals surface area contributed by atoms with E-state index in [2.05, 4.69) is 10.1 Å². The van der Waals surface area contributed by atoms with Gasteiger partial charge in [0.05, 0.1) is 19.1 Å². The number of carbonyl (C=O) groups excluding carboxylic acids is 4. The average molecular weight is 398 g/mol. The SMILES string of the molecule is CCOC(=O)NC(=O)COC(=O)C[C@@H](NC(=O)c1ccccc1)c1ccccc1. The van der Waals surface area contributed by atoms with Gasteiger partial charge < -0.3 is 14.8 Å². The van der Waals surface area contributed by atoms with Crippen LogP contribution in [0.4, 0.5) is 4.79 Å². The molecule has 0 unspecified atom stereocenters. The summed E-state index contributed by atoms with van der Waals surface area (Å²) < 4.78 is 9.48. The van der Waals surface area contributed by atoms with Crippen LogP contribution in [0.15, 0.2) is 60.7 Å². The van der Waals surface area contributed by atoms with Crippen molar-refractivity contribution in [3.8, 4) is 0 Å². The van der Waals surface area contributed by atoms with Crippen LogP contribution < -0.4 is 10.6 Å². The largest absolute Gasteiger partial charge is 0.455 e. The molecule has 2 aromatic carbocycles. The molecule has 0 aliphatic heterocycles. The van der Waals surface area contributed by atoms with E-state index in [1.54, 1.807) is 61.5 Å². The maximum Gasteiger partial charge on any atom is 0.413 e. The second-order valence-electron chi connectivity index (χ2n) is 5.94. The summed E-state index contributed by atoms with van der Waals surface area (Å²) in [6, 6.07) is 16.9. The summed E-state index contributed by atoms with van der Waals surface area (Å²) in [6.07, 6.45) is -1.10. The molecule has 0 fully saturated rings. The number of nitrogens with one attached hydrogen (secondary N) is 2. The lowest BCUT2D eigenvalue weighted by molar-refractivity contribution is -0.148. The molecule has 8 nitrogen and oxygen atoms in total. The fraction of sp³-hybridized carbons (Fsp3) is 0.238. The highest BCUT2D eigenvalue weighted by molar-refractivity contribution is 5.95. The second-order valence-corrected chi connectivity index (χ2v) is 5.94. The van der Waals surface area contributed by atoms with E-state index in [0.29, 0.717) is 11.1 Å². The summed E-state index contributed by atoms with van der Waals surface area (Å²) >= 11 is 0. The Kier molecular flexibility index (Phi) is 8.37. The summed E-state index contributed by atoms with van der Waals surface area (Å²) in [7, 11) is 0. The van der Waals surface area contributed by atoms with Gasteiger partial charge in [-0.1, -0.05) is 48.5 Å². The molecular formula is C21H22N2O6. The molecule has 0 radical (unpaired) electrons. The van der Waals surface area contributed by atoms with Crippen molar-refractivity contribution in [2.24, 2.45) is 0 Å². The molecule has 29 heavy (non-hydrogen) atoms. The highest BCUT2D eigenvalue weighted by Crippen LogP contribution is 2.18. The summed E-state index contributed by atoms with van der Waals surface area (Å²) in [4.78, 5) is 47.4. The Hall–Kier alpha value is -3.68. The molecule has 0 aliphatic rings. The predicted molar refractivity (Wildman–Crippen MR) is 104 cm³/mol. The van der Waals surface area contributed by atoms with Crippen molar-refractivity contribution in [1.29, 1.82) is 0 Å². The number of benzene rings is 2. The van der Waals surface area contributed by atoms with Gasteiger partial charge in [0.25, 0.3) is 11.8 Å². The van der Waals surface area contributed by atoms with Crippen LogP contribution in [0, 0.1) is 0 Å². The predicted octanol–water partition coefficient (Wildman–Crippen LogP) is 2.36. The molecule has 0 saturated carbocycles. The second kappa shape index (κ2) is 11.2. The molecule has 0 aliphatic carbocycles. The number of hydrogen-bond acceptors (Lipinski definition) is 6. The zero-order chi connectivity index (χ0) is 21.1. The summed E-state index contributed by atoms with van der Waals surface area (Å²) in [5, 5.41) is 4.73. The lowest BCUT2D eigenvalue weighted by atomic mass is 10.0. The Balaban J connectivity index is 1.97. The quantitative estimate of drug-likeness (QED) is 0.661. The molecule has 8 heteroatoms. The number of carbonyl (C=O) groups is 4. The molecule has 0 aromatic heterocycles. The van der Waals surface area contributed by atoms with Crippen LogP contribution in [0.2, 0.25) is 0 Å². The van der Waals surface area contributed by atoms with E-state index in [1.165, 1.54) is 0 Å². The fourth-order valence-electron chi connectivity index (χ4n) is 2.46. The molecule has 0 saturated heterocycles. The molecule has 3 amide bonds. The van der Waals surface area contributed by atoms with Crippen LogP contribution in [0.5, 0.6) is 0 Å². The smallest absolute Gasteiger partial charge is 0.413 e. The van der Waals surface area contributed by atoms with Gasteiger partial charge in [0.15, 0.2) is 6.61 Å². The minimum absolute atomic E-state index is 0.110. The van der Waals surface area contributed by atoms with Gasteiger partial charge in [0, 0.05) is 5.56 Å². The van der Waals surface area contributed by atoms with Crippen LogP contribution >= 0.6 is 0 Å². The zero-order valence-electron chi connectivity index (χ0n) is 15.9. The maximum atomic E-state index is 12.5. The van der Waals surface area contributed by atoms with Gasteiger partial charge in [-0.2, -0.15) is 0 Å². The summed E-state index contributed by atoms with van der Waals surface area (Å²) in [5.41, 5.74) is 1.17. The topological polar surface area (TPSA) is 111 Å². The Bertz CT molecular complexity index is 839. The van der Waals surface area contributed by atoms with E-state index in [-0.39, 0.29) is 18.9 Å². The van der Waals surface area contributed by atoms with Crippen molar-refractivity contribution in [3.05, 3.63) is 71.8 Å². The van der Waals surface area contributed by atoms with Crippen LogP contribution in [0.3, 0.4) is 0 Å². The van der Waals surface area contributed by atoms with Crippen molar-refractivity contribution in [2.45, 2.75) is 19.4 Å². The average Bonchev–Trinajstić information content (AvgIpc) is 2.73. The van der Waals surface area contributed by atoms with E-state index in [9.17, 15) is 19.2 Å². The monoisotopic (exact) mass is 398 g/mol. The van der Waals surface area contributed by atoms with E-state index in [0.717, 1.165) is 0 Å². The van der Waals surface area contributed by atoms with Crippen LogP contribution in [-0.4, -0.2) is 37.1 Å². The Morgan fingerprint density at radius 1 is 0.897 bits per heavy atom. The molecule has 2 rings (SSSR count). The highest BCUT2D eigenvalue weighted by atomic mass is 16.6. The lowest BCUT2D eigenvalue weighted by Gasteiger charge is -2.18. The number of ether oxygens (including phenoxy) is 2. The first-order chi connectivity index (χ1) is 14.0. The number of esters is 1. The Labute approximate surface area is 168 Å². The molecule has 0 heterocycles. The van der Waals surface area contributed by atoms with Crippen molar-refractivity contribution < 1.29 is 28.7 Å². The van der Waals surface area contributed by atoms with Gasteiger partial charge in [-0.25, -0.2) is 4.79 Å².